The average Bonchev–Trinajstić information content (AvgIpc) is 2.65. The summed E-state index contributed by atoms with van der Waals surface area (Å²) >= 11 is 0. The molecule has 1 aromatic rings. The van der Waals surface area contributed by atoms with Crippen LogP contribution in [-0.4, -0.2) is 0 Å². The van der Waals surface area contributed by atoms with Crippen molar-refractivity contribution in [3.63, 3.8) is 0 Å². The van der Waals surface area contributed by atoms with Crippen molar-refractivity contribution in [2.75, 3.05) is 0 Å². The first-order chi connectivity index (χ1) is 13.3. The van der Waals surface area contributed by atoms with Crippen molar-refractivity contribution >= 4 is 0 Å². The zero-order valence-electron chi connectivity index (χ0n) is 16.2. The fraction of sp³-hybridized carbons (Fsp3) is 0.652. The molecule has 0 N–H and O–H groups in total. The van der Waals surface area contributed by atoms with Crippen LogP contribution in [0, 0.1) is 29.4 Å². The molecule has 5 heteroatoms. The zero-order valence-corrected chi connectivity index (χ0v) is 16.2. The minimum atomic E-state index is -5.00. The highest BCUT2D eigenvalue weighted by atomic mass is 19.4. The van der Waals surface area contributed by atoms with Crippen molar-refractivity contribution in [2.45, 2.75) is 76.3 Å². The second-order valence-corrected chi connectivity index (χ2v) is 8.67. The predicted octanol–water partition coefficient (Wildman–Crippen LogP) is 8.03. The molecule has 2 saturated carbocycles. The zero-order chi connectivity index (χ0) is 20.3. The van der Waals surface area contributed by atoms with E-state index in [9.17, 15) is 22.0 Å². The Morgan fingerprint density at radius 3 is 1.71 bits per heavy atom. The quantitative estimate of drug-likeness (QED) is 0.347. The summed E-state index contributed by atoms with van der Waals surface area (Å²) < 4.78 is 65.9. The number of allylic oxidation sites excluding steroid dienone is 1. The Morgan fingerprint density at radius 1 is 0.821 bits per heavy atom. The lowest BCUT2D eigenvalue weighted by Gasteiger charge is -2.31. The van der Waals surface area contributed by atoms with Crippen LogP contribution in [0.2, 0.25) is 0 Å². The molecule has 2 fully saturated rings. The number of benzene rings is 1. The predicted molar refractivity (Wildman–Crippen MR) is 101 cm³/mol. The molecule has 0 aliphatic heterocycles. The van der Waals surface area contributed by atoms with Crippen molar-refractivity contribution < 1.29 is 22.0 Å². The summed E-state index contributed by atoms with van der Waals surface area (Å²) in [5.41, 5.74) is -1.42. The Bertz CT molecular complexity index is 639. The van der Waals surface area contributed by atoms with Gasteiger partial charge in [-0.15, -0.1) is 6.58 Å². The van der Waals surface area contributed by atoms with Crippen molar-refractivity contribution in [3.05, 3.63) is 47.5 Å². The van der Waals surface area contributed by atoms with E-state index in [0.29, 0.717) is 17.4 Å². The fourth-order valence-electron chi connectivity index (χ4n) is 5.07. The molecular formula is C23H29F5. The molecule has 0 spiro atoms. The minimum absolute atomic E-state index is 0.0504. The van der Waals surface area contributed by atoms with E-state index in [-0.39, 0.29) is 5.92 Å². The van der Waals surface area contributed by atoms with Crippen LogP contribution in [0.1, 0.15) is 81.3 Å². The van der Waals surface area contributed by atoms with Crippen LogP contribution in [0.4, 0.5) is 22.0 Å². The average molecular weight is 400 g/mol. The molecule has 0 atom stereocenters. The Kier molecular flexibility index (Phi) is 6.82. The third-order valence-corrected chi connectivity index (χ3v) is 6.87. The van der Waals surface area contributed by atoms with Crippen molar-refractivity contribution in [2.24, 2.45) is 17.8 Å². The first kappa shape index (κ1) is 21.3. The van der Waals surface area contributed by atoms with Crippen molar-refractivity contribution in [1.29, 1.82) is 0 Å². The van der Waals surface area contributed by atoms with Crippen molar-refractivity contribution in [1.82, 2.24) is 0 Å². The van der Waals surface area contributed by atoms with E-state index in [1.807, 2.05) is 0 Å². The summed E-state index contributed by atoms with van der Waals surface area (Å²) in [5.74, 6) is -0.953. The van der Waals surface area contributed by atoms with Gasteiger partial charge in [0.05, 0.1) is 0 Å². The van der Waals surface area contributed by atoms with Crippen LogP contribution >= 0.6 is 0 Å². The molecule has 0 aromatic heterocycles. The van der Waals surface area contributed by atoms with Gasteiger partial charge >= 0.3 is 6.18 Å². The topological polar surface area (TPSA) is 0 Å². The van der Waals surface area contributed by atoms with Crippen LogP contribution in [0.3, 0.4) is 0 Å². The molecule has 0 heterocycles. The lowest BCUT2D eigenvalue weighted by atomic mass is 9.74. The standard InChI is InChI=1S/C23H29F5/c1-2-15-3-5-16(6-4-15)7-8-17-9-11-18(12-10-17)19-13-20(24)22(21(25)14-19)23(26,27)28/h2,13-18H,1,3-12H2. The van der Waals surface area contributed by atoms with E-state index in [4.69, 9.17) is 0 Å². The van der Waals surface area contributed by atoms with E-state index < -0.39 is 23.4 Å². The Labute approximate surface area is 164 Å². The van der Waals surface area contributed by atoms with Crippen LogP contribution in [-0.2, 0) is 6.18 Å². The number of halogens is 5. The first-order valence-electron chi connectivity index (χ1n) is 10.5. The fourth-order valence-corrected chi connectivity index (χ4v) is 5.07. The molecule has 0 amide bonds. The summed E-state index contributed by atoms with van der Waals surface area (Å²) in [6.07, 6.45) is 8.07. The Balaban J connectivity index is 1.50. The van der Waals surface area contributed by atoms with Gasteiger partial charge in [0.15, 0.2) is 0 Å². The summed E-state index contributed by atoms with van der Waals surface area (Å²) in [6, 6.07) is 1.77. The molecule has 2 aliphatic carbocycles. The molecule has 0 radical (unpaired) electrons. The molecule has 0 nitrogen and oxygen atoms in total. The maximum absolute atomic E-state index is 13.9. The normalized spacial score (nSPS) is 28.9. The highest BCUT2D eigenvalue weighted by Crippen LogP contribution is 2.41. The van der Waals surface area contributed by atoms with Gasteiger partial charge in [0.2, 0.25) is 0 Å². The SMILES string of the molecule is C=CC1CCC(CCC2CCC(c3cc(F)c(C(F)(F)F)c(F)c3)CC2)CC1. The summed E-state index contributed by atoms with van der Waals surface area (Å²) in [4.78, 5) is 0. The number of rotatable bonds is 5. The molecule has 28 heavy (non-hydrogen) atoms. The summed E-state index contributed by atoms with van der Waals surface area (Å²) in [5, 5.41) is 0. The van der Waals surface area contributed by atoms with Crippen LogP contribution in [0.25, 0.3) is 0 Å². The van der Waals surface area contributed by atoms with E-state index in [0.717, 1.165) is 43.7 Å². The lowest BCUT2D eigenvalue weighted by Crippen LogP contribution is -2.18. The van der Waals surface area contributed by atoms with Gasteiger partial charge in [-0.05, 0) is 92.7 Å². The molecule has 2 aliphatic rings. The largest absolute Gasteiger partial charge is 0.422 e. The highest BCUT2D eigenvalue weighted by Gasteiger charge is 2.38. The third-order valence-electron chi connectivity index (χ3n) is 6.87. The Morgan fingerprint density at radius 2 is 1.29 bits per heavy atom. The maximum atomic E-state index is 13.9. The Hall–Kier alpha value is -1.39. The molecule has 156 valence electrons. The first-order valence-corrected chi connectivity index (χ1v) is 10.5. The molecule has 3 rings (SSSR count). The van der Waals surface area contributed by atoms with Crippen LogP contribution in [0.5, 0.6) is 0 Å². The van der Waals surface area contributed by atoms with Gasteiger partial charge in [-0.2, -0.15) is 13.2 Å². The molecule has 0 saturated heterocycles. The number of alkyl halides is 3. The van der Waals surface area contributed by atoms with Gasteiger partial charge in [-0.1, -0.05) is 18.9 Å². The molecule has 0 unspecified atom stereocenters. The molecular weight excluding hydrogens is 371 g/mol. The van der Waals surface area contributed by atoms with Crippen molar-refractivity contribution in [3.8, 4) is 0 Å². The van der Waals surface area contributed by atoms with Crippen LogP contribution < -0.4 is 0 Å². The second-order valence-electron chi connectivity index (χ2n) is 8.67. The number of hydrogen-bond donors (Lipinski definition) is 0. The second kappa shape index (κ2) is 8.96. The van der Waals surface area contributed by atoms with Gasteiger partial charge in [0.1, 0.15) is 17.2 Å². The summed E-state index contributed by atoms with van der Waals surface area (Å²) in [6.45, 7) is 3.89. The van der Waals surface area contributed by atoms with E-state index in [2.05, 4.69) is 12.7 Å². The molecule has 1 aromatic carbocycles. The van der Waals surface area contributed by atoms with Gasteiger partial charge in [-0.25, -0.2) is 8.78 Å². The summed E-state index contributed by atoms with van der Waals surface area (Å²) in [7, 11) is 0. The maximum Gasteiger partial charge on any atom is 0.422 e. The van der Waals surface area contributed by atoms with Gasteiger partial charge in [-0.3, -0.25) is 0 Å². The molecule has 0 bridgehead atoms. The van der Waals surface area contributed by atoms with E-state index >= 15 is 0 Å². The monoisotopic (exact) mass is 400 g/mol. The lowest BCUT2D eigenvalue weighted by molar-refractivity contribution is -0.142. The van der Waals surface area contributed by atoms with Gasteiger partial charge < -0.3 is 0 Å². The highest BCUT2D eigenvalue weighted by molar-refractivity contribution is 5.30. The number of hydrogen-bond acceptors (Lipinski definition) is 0. The van der Waals surface area contributed by atoms with Crippen LogP contribution in [0.15, 0.2) is 24.8 Å². The van der Waals surface area contributed by atoms with E-state index in [1.165, 1.54) is 38.5 Å². The van der Waals surface area contributed by atoms with Gasteiger partial charge in [0.25, 0.3) is 0 Å². The smallest absolute Gasteiger partial charge is 0.206 e. The van der Waals surface area contributed by atoms with E-state index in [1.54, 1.807) is 0 Å². The minimum Gasteiger partial charge on any atom is -0.206 e. The van der Waals surface area contributed by atoms with Gasteiger partial charge in [0, 0.05) is 0 Å². The third kappa shape index (κ3) is 5.15.